The van der Waals surface area contributed by atoms with Gasteiger partial charge in [0.2, 0.25) is 0 Å². The average molecular weight is 367 g/mol. The van der Waals surface area contributed by atoms with E-state index in [0.717, 1.165) is 10.5 Å². The number of carbonyl (C=O) groups is 2. The highest BCUT2D eigenvalue weighted by atomic mass is 35.5. The van der Waals surface area contributed by atoms with E-state index in [1.165, 1.54) is 0 Å². The van der Waals surface area contributed by atoms with Gasteiger partial charge < -0.3 is 4.90 Å². The molecule has 0 radical (unpaired) electrons. The zero-order valence-electron chi connectivity index (χ0n) is 13.1. The maximum absolute atomic E-state index is 11.9. The molecule has 1 atom stereocenters. The molecule has 0 bridgehead atoms. The Bertz CT molecular complexity index is 723. The average Bonchev–Trinajstić information content (AvgIpc) is 2.57. The number of rotatable bonds is 5. The molecule has 2 aromatic carbocycles. The first kappa shape index (κ1) is 18.3. The van der Waals surface area contributed by atoms with Gasteiger partial charge in [-0.2, -0.15) is 0 Å². The summed E-state index contributed by atoms with van der Waals surface area (Å²) in [5, 5.41) is 0.984. The predicted molar refractivity (Wildman–Crippen MR) is 94.0 cm³/mol. The van der Waals surface area contributed by atoms with Crippen molar-refractivity contribution in [2.24, 2.45) is 0 Å². The van der Waals surface area contributed by atoms with Gasteiger partial charge in [0.05, 0.1) is 17.1 Å². The summed E-state index contributed by atoms with van der Waals surface area (Å²) in [7, 11) is 1.86. The fourth-order valence-corrected chi connectivity index (χ4v) is 2.57. The highest BCUT2D eigenvalue weighted by Crippen LogP contribution is 2.24. The molecule has 0 aliphatic rings. The van der Waals surface area contributed by atoms with Crippen LogP contribution >= 0.6 is 23.2 Å². The van der Waals surface area contributed by atoms with Gasteiger partial charge in [-0.15, -0.1) is 0 Å². The van der Waals surface area contributed by atoms with Gasteiger partial charge in [0, 0.05) is 11.1 Å². The molecule has 0 saturated heterocycles. The number of amides is 2. The van der Waals surface area contributed by atoms with Crippen LogP contribution in [0.25, 0.3) is 0 Å². The van der Waals surface area contributed by atoms with Gasteiger partial charge in [0.15, 0.2) is 6.54 Å². The van der Waals surface area contributed by atoms with Gasteiger partial charge in [-0.05, 0) is 18.2 Å². The van der Waals surface area contributed by atoms with Crippen LogP contribution in [0.1, 0.15) is 15.9 Å². The number of benzene rings is 2. The Labute approximate surface area is 150 Å². The van der Waals surface area contributed by atoms with E-state index < -0.39 is 0 Å². The number of hydrogen-bond donors (Lipinski definition) is 3. The number of carbonyl (C=O) groups excluding carboxylic acids is 2. The first-order chi connectivity index (χ1) is 11.5. The Morgan fingerprint density at radius 3 is 2.42 bits per heavy atom. The molecule has 126 valence electrons. The second kappa shape index (κ2) is 8.68. The highest BCUT2D eigenvalue weighted by Gasteiger charge is 2.14. The summed E-state index contributed by atoms with van der Waals surface area (Å²) in [6.07, 6.45) is 0. The predicted octanol–water partition coefficient (Wildman–Crippen LogP) is 1.47. The third kappa shape index (κ3) is 5.23. The number of halogens is 2. The van der Waals surface area contributed by atoms with Crippen molar-refractivity contribution in [1.82, 2.24) is 10.9 Å². The summed E-state index contributed by atoms with van der Waals surface area (Å²) in [6, 6.07) is 14.1. The molecule has 2 aromatic rings. The second-order valence-corrected chi connectivity index (χ2v) is 6.18. The number of quaternary nitrogens is 1. The van der Waals surface area contributed by atoms with Crippen molar-refractivity contribution in [2.45, 2.75) is 6.54 Å². The van der Waals surface area contributed by atoms with E-state index in [4.69, 9.17) is 23.2 Å². The minimum Gasteiger partial charge on any atom is -0.326 e. The molecule has 0 spiro atoms. The van der Waals surface area contributed by atoms with Crippen LogP contribution < -0.4 is 15.8 Å². The highest BCUT2D eigenvalue weighted by molar-refractivity contribution is 6.42. The molecule has 2 amide bonds. The quantitative estimate of drug-likeness (QED) is 0.701. The molecular weight excluding hydrogens is 349 g/mol. The van der Waals surface area contributed by atoms with Crippen LogP contribution in [0, 0.1) is 0 Å². The molecule has 0 fully saturated rings. The van der Waals surface area contributed by atoms with Gasteiger partial charge in [-0.3, -0.25) is 20.4 Å². The van der Waals surface area contributed by atoms with Gasteiger partial charge in [0.25, 0.3) is 11.8 Å². The number of likely N-dealkylation sites (N-methyl/N-ethyl adjacent to an activating group) is 1. The van der Waals surface area contributed by atoms with E-state index in [9.17, 15) is 9.59 Å². The lowest BCUT2D eigenvalue weighted by molar-refractivity contribution is -0.885. The van der Waals surface area contributed by atoms with E-state index in [1.54, 1.807) is 30.3 Å². The smallest absolute Gasteiger partial charge is 0.293 e. The maximum atomic E-state index is 11.9. The molecule has 0 heterocycles. The van der Waals surface area contributed by atoms with Crippen LogP contribution in [-0.4, -0.2) is 25.4 Å². The molecule has 1 unspecified atom stereocenters. The molecule has 0 saturated carbocycles. The van der Waals surface area contributed by atoms with E-state index in [1.807, 2.05) is 25.2 Å². The Morgan fingerprint density at radius 1 is 1.00 bits per heavy atom. The van der Waals surface area contributed by atoms with E-state index in [0.29, 0.717) is 22.2 Å². The van der Waals surface area contributed by atoms with E-state index >= 15 is 0 Å². The van der Waals surface area contributed by atoms with Crippen molar-refractivity contribution in [3.8, 4) is 0 Å². The van der Waals surface area contributed by atoms with Crippen molar-refractivity contribution in [1.29, 1.82) is 0 Å². The number of nitrogens with one attached hydrogen (secondary N) is 3. The normalized spacial score (nSPS) is 11.6. The zero-order valence-corrected chi connectivity index (χ0v) is 14.6. The van der Waals surface area contributed by atoms with Crippen molar-refractivity contribution >= 4 is 35.0 Å². The lowest BCUT2D eigenvalue weighted by Crippen LogP contribution is -3.09. The number of hydrazine groups is 1. The first-order valence-electron chi connectivity index (χ1n) is 7.36. The van der Waals surface area contributed by atoms with Crippen LogP contribution in [0.4, 0.5) is 0 Å². The third-order valence-electron chi connectivity index (χ3n) is 3.34. The van der Waals surface area contributed by atoms with Crippen molar-refractivity contribution in [3.63, 3.8) is 0 Å². The molecule has 2 rings (SSSR count). The van der Waals surface area contributed by atoms with Crippen LogP contribution in [-0.2, 0) is 11.3 Å². The van der Waals surface area contributed by atoms with E-state index in [-0.39, 0.29) is 18.4 Å². The van der Waals surface area contributed by atoms with Crippen LogP contribution in [0.2, 0.25) is 10.0 Å². The topological polar surface area (TPSA) is 62.6 Å². The van der Waals surface area contributed by atoms with Gasteiger partial charge in [0.1, 0.15) is 6.54 Å². The molecule has 0 aliphatic heterocycles. The lowest BCUT2D eigenvalue weighted by Gasteiger charge is -2.15. The monoisotopic (exact) mass is 366 g/mol. The SMILES string of the molecule is C[NH+](CC(=O)NNC(=O)c1ccccc1)Cc1cccc(Cl)c1Cl. The summed E-state index contributed by atoms with van der Waals surface area (Å²) >= 11 is 12.1. The molecule has 24 heavy (non-hydrogen) atoms. The van der Waals surface area contributed by atoms with E-state index in [2.05, 4.69) is 10.9 Å². The fraction of sp³-hybridized carbons (Fsp3) is 0.176. The molecular formula is C17H18Cl2N3O2+. The number of hydrogen-bond acceptors (Lipinski definition) is 2. The lowest BCUT2D eigenvalue weighted by atomic mass is 10.2. The summed E-state index contributed by atoms with van der Waals surface area (Å²) in [5.74, 6) is -0.658. The fourth-order valence-electron chi connectivity index (χ4n) is 2.18. The van der Waals surface area contributed by atoms with Crippen LogP contribution in [0.15, 0.2) is 48.5 Å². The molecule has 3 N–H and O–H groups in total. The van der Waals surface area contributed by atoms with Crippen LogP contribution in [0.3, 0.4) is 0 Å². The van der Waals surface area contributed by atoms with Gasteiger partial charge in [-0.1, -0.05) is 53.5 Å². The molecule has 5 nitrogen and oxygen atoms in total. The standard InChI is InChI=1S/C17H17Cl2N3O2/c1-22(10-13-8-5-9-14(18)16(13)19)11-15(23)20-21-17(24)12-6-3-2-4-7-12/h2-9H,10-11H2,1H3,(H,20,23)(H,21,24)/p+1. The maximum Gasteiger partial charge on any atom is 0.293 e. The molecule has 0 aliphatic carbocycles. The Morgan fingerprint density at radius 2 is 1.71 bits per heavy atom. The minimum atomic E-state index is -0.362. The van der Waals surface area contributed by atoms with Crippen molar-refractivity contribution in [2.75, 3.05) is 13.6 Å². The molecule has 7 heteroatoms. The largest absolute Gasteiger partial charge is 0.326 e. The van der Waals surface area contributed by atoms with Crippen LogP contribution in [0.5, 0.6) is 0 Å². The zero-order chi connectivity index (χ0) is 17.5. The third-order valence-corrected chi connectivity index (χ3v) is 4.20. The van der Waals surface area contributed by atoms with Crippen molar-refractivity contribution < 1.29 is 14.5 Å². The Hall–Kier alpha value is -2.08. The minimum absolute atomic E-state index is 0.178. The second-order valence-electron chi connectivity index (χ2n) is 5.39. The van der Waals surface area contributed by atoms with Gasteiger partial charge in [-0.25, -0.2) is 0 Å². The van der Waals surface area contributed by atoms with Crippen molar-refractivity contribution in [3.05, 3.63) is 69.7 Å². The molecule has 0 aromatic heterocycles. The van der Waals surface area contributed by atoms with Gasteiger partial charge >= 0.3 is 0 Å². The summed E-state index contributed by atoms with van der Waals surface area (Å²) in [6.45, 7) is 0.720. The first-order valence-corrected chi connectivity index (χ1v) is 8.11. The summed E-state index contributed by atoms with van der Waals surface area (Å²) in [5.41, 5.74) is 6.13. The summed E-state index contributed by atoms with van der Waals surface area (Å²) < 4.78 is 0. The Kier molecular flexibility index (Phi) is 6.61. The Balaban J connectivity index is 1.81. The summed E-state index contributed by atoms with van der Waals surface area (Å²) in [4.78, 5) is 24.7.